The number of ether oxygens (including phenoxy) is 3. The predicted octanol–water partition coefficient (Wildman–Crippen LogP) is 2.47. The maximum atomic E-state index is 11.4. The molecule has 1 aromatic carbocycles. The normalized spacial score (nSPS) is 14.5. The van der Waals surface area contributed by atoms with Crippen LogP contribution in [0.1, 0.15) is 31.7 Å². The molecule has 1 unspecified atom stereocenters. The van der Waals surface area contributed by atoms with Crippen LogP contribution >= 0.6 is 0 Å². The molecule has 0 bridgehead atoms. The van der Waals surface area contributed by atoms with Crippen LogP contribution in [0.4, 0.5) is 0 Å². The van der Waals surface area contributed by atoms with Crippen molar-refractivity contribution in [2.45, 2.75) is 26.2 Å². The molecule has 1 aliphatic heterocycles. The van der Waals surface area contributed by atoms with Gasteiger partial charge in [-0.1, -0.05) is 13.0 Å². The number of hydrogen-bond donors (Lipinski definition) is 0. The molecule has 1 heterocycles. The van der Waals surface area contributed by atoms with Gasteiger partial charge in [-0.05, 0) is 30.5 Å². The standard InChI is InChI=1S/C13H16O4/c1-3-15-13(14)6-9(2)10-4-5-11-12(7-10)17-8-16-11/h4-5,7,9H,3,6,8H2,1-2H3. The summed E-state index contributed by atoms with van der Waals surface area (Å²) in [5.74, 6) is 1.46. The van der Waals surface area contributed by atoms with Crippen molar-refractivity contribution in [2.24, 2.45) is 0 Å². The minimum Gasteiger partial charge on any atom is -0.466 e. The summed E-state index contributed by atoms with van der Waals surface area (Å²) in [6.07, 6.45) is 0.382. The van der Waals surface area contributed by atoms with Crippen molar-refractivity contribution in [3.05, 3.63) is 23.8 Å². The van der Waals surface area contributed by atoms with Gasteiger partial charge in [0.05, 0.1) is 13.0 Å². The van der Waals surface area contributed by atoms with E-state index < -0.39 is 0 Å². The fraction of sp³-hybridized carbons (Fsp3) is 0.462. The zero-order valence-electron chi connectivity index (χ0n) is 10.1. The highest BCUT2D eigenvalue weighted by atomic mass is 16.7. The third-order valence-corrected chi connectivity index (χ3v) is 2.74. The number of rotatable bonds is 4. The van der Waals surface area contributed by atoms with Gasteiger partial charge in [0.15, 0.2) is 11.5 Å². The number of carbonyl (C=O) groups is 1. The predicted molar refractivity (Wildman–Crippen MR) is 62.2 cm³/mol. The van der Waals surface area contributed by atoms with Crippen molar-refractivity contribution < 1.29 is 19.0 Å². The van der Waals surface area contributed by atoms with Crippen LogP contribution in [0.5, 0.6) is 11.5 Å². The Morgan fingerprint density at radius 3 is 2.94 bits per heavy atom. The van der Waals surface area contributed by atoms with Crippen molar-refractivity contribution in [1.82, 2.24) is 0 Å². The van der Waals surface area contributed by atoms with Crippen molar-refractivity contribution in [3.8, 4) is 11.5 Å². The van der Waals surface area contributed by atoms with Gasteiger partial charge in [-0.25, -0.2) is 0 Å². The smallest absolute Gasteiger partial charge is 0.306 e. The summed E-state index contributed by atoms with van der Waals surface area (Å²) in [7, 11) is 0. The maximum Gasteiger partial charge on any atom is 0.306 e. The van der Waals surface area contributed by atoms with Crippen molar-refractivity contribution in [1.29, 1.82) is 0 Å². The molecule has 0 aliphatic carbocycles. The molecular weight excluding hydrogens is 220 g/mol. The monoisotopic (exact) mass is 236 g/mol. The van der Waals surface area contributed by atoms with Gasteiger partial charge in [0.25, 0.3) is 0 Å². The van der Waals surface area contributed by atoms with Crippen LogP contribution in [0.2, 0.25) is 0 Å². The van der Waals surface area contributed by atoms with E-state index in [0.29, 0.717) is 13.0 Å². The fourth-order valence-corrected chi connectivity index (χ4v) is 1.81. The topological polar surface area (TPSA) is 44.8 Å². The van der Waals surface area contributed by atoms with Crippen LogP contribution in [0, 0.1) is 0 Å². The average Bonchev–Trinajstić information content (AvgIpc) is 2.75. The number of carbonyl (C=O) groups excluding carboxylic acids is 1. The van der Waals surface area contributed by atoms with E-state index in [1.165, 1.54) is 0 Å². The third kappa shape index (κ3) is 2.70. The zero-order chi connectivity index (χ0) is 12.3. The Hall–Kier alpha value is -1.71. The van der Waals surface area contributed by atoms with Gasteiger partial charge in [-0.2, -0.15) is 0 Å². The minimum atomic E-state index is -0.169. The molecule has 0 spiro atoms. The lowest BCUT2D eigenvalue weighted by Gasteiger charge is -2.11. The Morgan fingerprint density at radius 2 is 2.18 bits per heavy atom. The molecule has 4 nitrogen and oxygen atoms in total. The van der Waals surface area contributed by atoms with E-state index in [1.807, 2.05) is 32.0 Å². The van der Waals surface area contributed by atoms with Gasteiger partial charge in [0, 0.05) is 0 Å². The SMILES string of the molecule is CCOC(=O)CC(C)c1ccc2c(c1)OCO2. The zero-order valence-corrected chi connectivity index (χ0v) is 10.1. The Kier molecular flexibility index (Phi) is 3.52. The van der Waals surface area contributed by atoms with Crippen molar-refractivity contribution >= 4 is 5.97 Å². The van der Waals surface area contributed by atoms with Crippen LogP contribution in [-0.2, 0) is 9.53 Å². The van der Waals surface area contributed by atoms with Crippen LogP contribution < -0.4 is 9.47 Å². The van der Waals surface area contributed by atoms with E-state index in [2.05, 4.69) is 0 Å². The second kappa shape index (κ2) is 5.08. The number of hydrogen-bond acceptors (Lipinski definition) is 4. The van der Waals surface area contributed by atoms with E-state index in [9.17, 15) is 4.79 Å². The number of fused-ring (bicyclic) bond motifs is 1. The molecule has 1 atom stereocenters. The first-order valence-corrected chi connectivity index (χ1v) is 5.76. The quantitative estimate of drug-likeness (QED) is 0.753. The van der Waals surface area contributed by atoms with Gasteiger partial charge in [-0.3, -0.25) is 4.79 Å². The van der Waals surface area contributed by atoms with Crippen LogP contribution in [0.25, 0.3) is 0 Å². The molecule has 17 heavy (non-hydrogen) atoms. The van der Waals surface area contributed by atoms with E-state index >= 15 is 0 Å². The molecule has 0 aromatic heterocycles. The highest BCUT2D eigenvalue weighted by Gasteiger charge is 2.17. The summed E-state index contributed by atoms with van der Waals surface area (Å²) in [5.41, 5.74) is 1.06. The van der Waals surface area contributed by atoms with E-state index in [0.717, 1.165) is 17.1 Å². The van der Waals surface area contributed by atoms with E-state index in [4.69, 9.17) is 14.2 Å². The van der Waals surface area contributed by atoms with Gasteiger partial charge in [0.2, 0.25) is 6.79 Å². The Morgan fingerprint density at radius 1 is 1.41 bits per heavy atom. The molecule has 1 aliphatic rings. The molecule has 0 saturated carbocycles. The molecule has 1 aromatic rings. The van der Waals surface area contributed by atoms with Crippen LogP contribution in [0.15, 0.2) is 18.2 Å². The second-order valence-corrected chi connectivity index (χ2v) is 4.02. The summed E-state index contributed by atoms with van der Waals surface area (Å²) in [6.45, 7) is 4.50. The Labute approximate surface area is 100 Å². The summed E-state index contributed by atoms with van der Waals surface area (Å²) >= 11 is 0. The first-order chi connectivity index (χ1) is 8.20. The first kappa shape index (κ1) is 11.8. The molecule has 0 fully saturated rings. The van der Waals surface area contributed by atoms with Gasteiger partial charge in [-0.15, -0.1) is 0 Å². The van der Waals surface area contributed by atoms with Crippen molar-refractivity contribution in [2.75, 3.05) is 13.4 Å². The molecule has 0 radical (unpaired) electrons. The largest absolute Gasteiger partial charge is 0.466 e. The van der Waals surface area contributed by atoms with E-state index in [1.54, 1.807) is 0 Å². The fourth-order valence-electron chi connectivity index (χ4n) is 1.81. The van der Waals surface area contributed by atoms with Crippen molar-refractivity contribution in [3.63, 3.8) is 0 Å². The summed E-state index contributed by atoms with van der Waals surface area (Å²) in [4.78, 5) is 11.4. The van der Waals surface area contributed by atoms with E-state index in [-0.39, 0.29) is 18.7 Å². The first-order valence-electron chi connectivity index (χ1n) is 5.76. The molecule has 0 N–H and O–H groups in total. The minimum absolute atomic E-state index is 0.114. The van der Waals surface area contributed by atoms with Gasteiger partial charge < -0.3 is 14.2 Å². The molecule has 0 saturated heterocycles. The number of esters is 1. The number of benzene rings is 1. The lowest BCUT2D eigenvalue weighted by molar-refractivity contribution is -0.143. The lowest BCUT2D eigenvalue weighted by Crippen LogP contribution is -2.08. The van der Waals surface area contributed by atoms with Gasteiger partial charge >= 0.3 is 5.97 Å². The highest BCUT2D eigenvalue weighted by Crippen LogP contribution is 2.35. The summed E-state index contributed by atoms with van der Waals surface area (Å²) in [5, 5.41) is 0. The van der Waals surface area contributed by atoms with Gasteiger partial charge in [0.1, 0.15) is 0 Å². The molecule has 92 valence electrons. The molecule has 0 amide bonds. The summed E-state index contributed by atoms with van der Waals surface area (Å²) in [6, 6.07) is 5.75. The van der Waals surface area contributed by atoms with Crippen LogP contribution in [-0.4, -0.2) is 19.4 Å². The average molecular weight is 236 g/mol. The van der Waals surface area contributed by atoms with Crippen LogP contribution in [0.3, 0.4) is 0 Å². The lowest BCUT2D eigenvalue weighted by atomic mass is 9.97. The summed E-state index contributed by atoms with van der Waals surface area (Å²) < 4.78 is 15.5. The third-order valence-electron chi connectivity index (χ3n) is 2.74. The molecule has 4 heteroatoms. The second-order valence-electron chi connectivity index (χ2n) is 4.02. The molecule has 2 rings (SSSR count). The Bertz CT molecular complexity index is 414. The highest BCUT2D eigenvalue weighted by molar-refractivity contribution is 5.70. The molecular formula is C13H16O4. The Balaban J connectivity index is 2.04. The maximum absolute atomic E-state index is 11.4.